The number of hydrogen-bond acceptors (Lipinski definition) is 4. The Labute approximate surface area is 163 Å². The first kappa shape index (κ1) is 18.2. The Hall–Kier alpha value is -2.18. The fourth-order valence-electron chi connectivity index (χ4n) is 4.24. The van der Waals surface area contributed by atoms with Gasteiger partial charge in [-0.1, -0.05) is 6.07 Å². The summed E-state index contributed by atoms with van der Waals surface area (Å²) in [5, 5.41) is 10.2. The monoisotopic (exact) mass is 383 g/mol. The van der Waals surface area contributed by atoms with Gasteiger partial charge in [0.15, 0.2) is 0 Å². The Morgan fingerprint density at radius 1 is 1.26 bits per heavy atom. The van der Waals surface area contributed by atoms with Crippen molar-refractivity contribution in [1.29, 1.82) is 0 Å². The predicted octanol–water partition coefficient (Wildman–Crippen LogP) is 2.89. The van der Waals surface area contributed by atoms with E-state index >= 15 is 0 Å². The van der Waals surface area contributed by atoms with Gasteiger partial charge in [-0.3, -0.25) is 9.59 Å². The molecule has 5 nitrogen and oxygen atoms in total. The molecule has 1 aliphatic carbocycles. The molecule has 2 fully saturated rings. The van der Waals surface area contributed by atoms with Crippen molar-refractivity contribution in [3.8, 4) is 0 Å². The molecule has 1 atom stereocenters. The first-order valence-electron chi connectivity index (χ1n) is 9.48. The van der Waals surface area contributed by atoms with Crippen LogP contribution in [0.4, 0.5) is 0 Å². The number of hydrogen-bond donors (Lipinski definition) is 2. The third kappa shape index (κ3) is 3.64. The summed E-state index contributed by atoms with van der Waals surface area (Å²) in [4.78, 5) is 27.4. The van der Waals surface area contributed by atoms with Crippen LogP contribution in [0.15, 0.2) is 41.1 Å². The maximum atomic E-state index is 13.4. The molecule has 27 heavy (non-hydrogen) atoms. The molecule has 2 aromatic rings. The molecule has 1 aromatic carbocycles. The number of carbonyl (C=O) groups excluding carboxylic acids is 2. The Morgan fingerprint density at radius 3 is 2.74 bits per heavy atom. The van der Waals surface area contributed by atoms with Crippen LogP contribution in [0.1, 0.15) is 45.5 Å². The van der Waals surface area contributed by atoms with E-state index in [0.717, 1.165) is 32.4 Å². The van der Waals surface area contributed by atoms with Gasteiger partial charge in [0.25, 0.3) is 11.8 Å². The summed E-state index contributed by atoms with van der Waals surface area (Å²) in [6, 6.07) is 9.42. The lowest BCUT2D eigenvalue weighted by Gasteiger charge is -2.29. The molecular weight excluding hydrogens is 358 g/mol. The van der Waals surface area contributed by atoms with Crippen LogP contribution in [0.3, 0.4) is 0 Å². The maximum absolute atomic E-state index is 13.4. The molecule has 1 saturated carbocycles. The second-order valence-corrected chi connectivity index (χ2v) is 8.34. The predicted molar refractivity (Wildman–Crippen MR) is 107 cm³/mol. The van der Waals surface area contributed by atoms with E-state index in [9.17, 15) is 9.59 Å². The van der Waals surface area contributed by atoms with Crippen LogP contribution < -0.4 is 10.6 Å². The quantitative estimate of drug-likeness (QED) is 0.835. The Morgan fingerprint density at radius 2 is 2.04 bits per heavy atom. The van der Waals surface area contributed by atoms with Gasteiger partial charge in [0.2, 0.25) is 0 Å². The van der Waals surface area contributed by atoms with E-state index in [1.165, 1.54) is 5.56 Å². The summed E-state index contributed by atoms with van der Waals surface area (Å²) < 4.78 is 0. The minimum absolute atomic E-state index is 0.0207. The van der Waals surface area contributed by atoms with E-state index in [1.807, 2.05) is 11.0 Å². The number of rotatable bonds is 5. The SMILES string of the molecule is CNC(=O)c1cccc(C(=O)N(Cc2ccsc2)C2CC23CCNCC3)c1. The molecule has 2 N–H and O–H groups in total. The Kier molecular flexibility index (Phi) is 5.02. The van der Waals surface area contributed by atoms with Crippen LogP contribution >= 0.6 is 11.3 Å². The zero-order valence-corrected chi connectivity index (χ0v) is 16.3. The van der Waals surface area contributed by atoms with E-state index in [1.54, 1.807) is 36.6 Å². The van der Waals surface area contributed by atoms with Gasteiger partial charge in [-0.05, 0) is 78.4 Å². The molecule has 142 valence electrons. The largest absolute Gasteiger partial charge is 0.355 e. The highest BCUT2D eigenvalue weighted by Gasteiger charge is 2.57. The average molecular weight is 384 g/mol. The third-order valence-electron chi connectivity index (χ3n) is 5.91. The lowest BCUT2D eigenvalue weighted by atomic mass is 9.93. The standard InChI is InChI=1S/C21H25N3O2S/c1-22-19(25)16-3-2-4-17(11-16)20(26)24(13-15-5-10-27-14-15)18-12-21(18)6-8-23-9-7-21/h2-5,10-11,14,18,23H,6-9,12-13H2,1H3,(H,22,25). The molecule has 0 radical (unpaired) electrons. The van der Waals surface area contributed by atoms with Crippen LogP contribution in [0.5, 0.6) is 0 Å². The number of benzene rings is 1. The Balaban J connectivity index is 1.60. The molecule has 2 heterocycles. The number of nitrogens with one attached hydrogen (secondary N) is 2. The van der Waals surface area contributed by atoms with Crippen LogP contribution in [-0.4, -0.2) is 42.9 Å². The summed E-state index contributed by atoms with van der Waals surface area (Å²) >= 11 is 1.66. The fraction of sp³-hybridized carbons (Fsp3) is 0.429. The molecule has 6 heteroatoms. The van der Waals surface area contributed by atoms with Gasteiger partial charge in [-0.15, -0.1) is 0 Å². The third-order valence-corrected chi connectivity index (χ3v) is 6.65. The summed E-state index contributed by atoms with van der Waals surface area (Å²) in [6.45, 7) is 2.69. The van der Waals surface area contributed by atoms with Gasteiger partial charge in [-0.25, -0.2) is 0 Å². The van der Waals surface area contributed by atoms with E-state index in [2.05, 4.69) is 27.5 Å². The molecule has 2 amide bonds. The topological polar surface area (TPSA) is 61.4 Å². The van der Waals surface area contributed by atoms with Crippen LogP contribution in [0.25, 0.3) is 0 Å². The van der Waals surface area contributed by atoms with Gasteiger partial charge in [0, 0.05) is 30.8 Å². The molecule has 0 bridgehead atoms. The van der Waals surface area contributed by atoms with Crippen molar-refractivity contribution in [3.63, 3.8) is 0 Å². The van der Waals surface area contributed by atoms with Crippen molar-refractivity contribution in [2.75, 3.05) is 20.1 Å². The Bertz CT molecular complexity index is 828. The second-order valence-electron chi connectivity index (χ2n) is 7.56. The highest BCUT2D eigenvalue weighted by Crippen LogP contribution is 2.56. The van der Waals surface area contributed by atoms with Crippen LogP contribution in [-0.2, 0) is 6.54 Å². The zero-order chi connectivity index (χ0) is 18.9. The number of amides is 2. The lowest BCUT2D eigenvalue weighted by Crippen LogP contribution is -2.39. The molecular formula is C21H25N3O2S. The fourth-order valence-corrected chi connectivity index (χ4v) is 4.90. The summed E-state index contributed by atoms with van der Waals surface area (Å²) in [7, 11) is 1.60. The smallest absolute Gasteiger partial charge is 0.254 e. The highest BCUT2D eigenvalue weighted by atomic mass is 32.1. The second kappa shape index (κ2) is 7.44. The minimum Gasteiger partial charge on any atom is -0.355 e. The van der Waals surface area contributed by atoms with Gasteiger partial charge < -0.3 is 15.5 Å². The van der Waals surface area contributed by atoms with Crippen LogP contribution in [0.2, 0.25) is 0 Å². The minimum atomic E-state index is -0.171. The van der Waals surface area contributed by atoms with Crippen molar-refractivity contribution in [2.24, 2.45) is 5.41 Å². The van der Waals surface area contributed by atoms with Crippen LogP contribution in [0, 0.1) is 5.41 Å². The zero-order valence-electron chi connectivity index (χ0n) is 15.5. The van der Waals surface area contributed by atoms with Gasteiger partial charge in [-0.2, -0.15) is 11.3 Å². The molecule has 2 aliphatic rings. The van der Waals surface area contributed by atoms with Gasteiger partial charge in [0.05, 0.1) is 0 Å². The number of nitrogens with zero attached hydrogens (tertiary/aromatic N) is 1. The summed E-state index contributed by atoms with van der Waals surface area (Å²) in [5.74, 6) is -0.150. The first-order valence-corrected chi connectivity index (χ1v) is 10.4. The molecule has 1 unspecified atom stereocenters. The first-order chi connectivity index (χ1) is 13.1. The normalized spacial score (nSPS) is 20.3. The van der Waals surface area contributed by atoms with E-state index in [-0.39, 0.29) is 23.3 Å². The van der Waals surface area contributed by atoms with Gasteiger partial charge >= 0.3 is 0 Å². The van der Waals surface area contributed by atoms with Gasteiger partial charge in [0.1, 0.15) is 0 Å². The lowest BCUT2D eigenvalue weighted by molar-refractivity contribution is 0.0692. The average Bonchev–Trinajstić information content (AvgIpc) is 3.14. The van der Waals surface area contributed by atoms with Crippen molar-refractivity contribution in [3.05, 3.63) is 57.8 Å². The number of carbonyl (C=O) groups is 2. The number of piperidine rings is 1. The molecule has 4 rings (SSSR count). The van der Waals surface area contributed by atoms with E-state index in [4.69, 9.17) is 0 Å². The summed E-state index contributed by atoms with van der Waals surface area (Å²) in [6.07, 6.45) is 3.34. The van der Waals surface area contributed by atoms with Crippen molar-refractivity contribution >= 4 is 23.2 Å². The molecule has 1 aromatic heterocycles. The van der Waals surface area contributed by atoms with E-state index < -0.39 is 0 Å². The molecule has 1 spiro atoms. The number of thiophene rings is 1. The van der Waals surface area contributed by atoms with Crippen molar-refractivity contribution in [2.45, 2.75) is 31.8 Å². The molecule has 1 aliphatic heterocycles. The maximum Gasteiger partial charge on any atom is 0.254 e. The highest BCUT2D eigenvalue weighted by molar-refractivity contribution is 7.07. The van der Waals surface area contributed by atoms with E-state index in [0.29, 0.717) is 17.7 Å². The van der Waals surface area contributed by atoms with Crippen molar-refractivity contribution < 1.29 is 9.59 Å². The van der Waals surface area contributed by atoms with Crippen molar-refractivity contribution in [1.82, 2.24) is 15.5 Å². The molecule has 1 saturated heterocycles. The summed E-state index contributed by atoms with van der Waals surface area (Å²) in [5.41, 5.74) is 2.55.